The van der Waals surface area contributed by atoms with Crippen molar-refractivity contribution in [1.29, 1.82) is 5.26 Å². The summed E-state index contributed by atoms with van der Waals surface area (Å²) in [6, 6.07) is 7.11. The van der Waals surface area contributed by atoms with Gasteiger partial charge in [-0.1, -0.05) is 32.4 Å². The van der Waals surface area contributed by atoms with Crippen molar-refractivity contribution in [3.05, 3.63) is 50.9 Å². The minimum atomic E-state index is -5.31. The second-order valence-electron chi connectivity index (χ2n) is 9.45. The van der Waals surface area contributed by atoms with Crippen LogP contribution < -0.4 is 10.6 Å². The van der Waals surface area contributed by atoms with Crippen LogP contribution >= 0.6 is 22.9 Å². The molecule has 1 amide bonds. The minimum absolute atomic E-state index is 0.0175. The number of nitrogens with one attached hydrogen (secondary N) is 2. The van der Waals surface area contributed by atoms with Gasteiger partial charge >= 0.3 is 17.8 Å². The summed E-state index contributed by atoms with van der Waals surface area (Å²) in [7, 11) is 0.789. The van der Waals surface area contributed by atoms with Crippen molar-refractivity contribution in [3.8, 4) is 6.07 Å². The molecule has 0 bridgehead atoms. The molecule has 1 aromatic carbocycles. The van der Waals surface area contributed by atoms with E-state index in [9.17, 15) is 28.0 Å². The molecule has 11 heteroatoms. The summed E-state index contributed by atoms with van der Waals surface area (Å²) in [5.74, 6) is -2.66. The van der Waals surface area contributed by atoms with E-state index in [-0.39, 0.29) is 32.5 Å². The minimum Gasteiger partial charge on any atom is -0.466 e. The number of esters is 1. The normalized spacial score (nSPS) is 17.5. The number of thiophene rings is 1. The molecule has 0 radical (unpaired) electrons. The second kappa shape index (κ2) is 9.70. The van der Waals surface area contributed by atoms with Crippen LogP contribution in [-0.2, 0) is 22.4 Å². The van der Waals surface area contributed by atoms with Gasteiger partial charge in [0.1, 0.15) is 11.1 Å². The van der Waals surface area contributed by atoms with Crippen LogP contribution in [0.3, 0.4) is 0 Å². The average Bonchev–Trinajstić information content (AvgIpc) is 3.13. The molecule has 0 spiro atoms. The average molecular weight is 528 g/mol. The maximum Gasteiger partial charge on any atom is 0.441 e. The van der Waals surface area contributed by atoms with Crippen molar-refractivity contribution in [1.82, 2.24) is 5.32 Å². The van der Waals surface area contributed by atoms with Crippen molar-refractivity contribution < 1.29 is 27.5 Å². The van der Waals surface area contributed by atoms with Gasteiger partial charge in [-0.25, -0.2) is 4.79 Å². The van der Waals surface area contributed by atoms with E-state index in [0.717, 1.165) is 29.7 Å². The number of rotatable bonds is 5. The maximum absolute atomic E-state index is 14.5. The highest BCUT2D eigenvalue weighted by Gasteiger charge is 2.64. The number of amides is 1. The summed E-state index contributed by atoms with van der Waals surface area (Å²) in [6.07, 6.45) is -3.38. The standard InChI is InChI=1S/C24H25ClF3N3O3S/c1-22(2,3)14-7-10-16-17(12-29)20(35-18(16)11-14)31-23(21(33)34-4,24(26,27)28)30-19(32)13-5-8-15(25)9-6-13/h5-6,8-9,14,31H,7,10-11H2,1-4H3,(H,30,32)/t14-,23-/m0/s1. The topological polar surface area (TPSA) is 91.2 Å². The summed E-state index contributed by atoms with van der Waals surface area (Å²) < 4.78 is 48.0. The number of halogens is 4. The molecule has 0 aliphatic heterocycles. The molecule has 2 N–H and O–H groups in total. The first-order valence-electron chi connectivity index (χ1n) is 10.8. The Morgan fingerprint density at radius 3 is 2.34 bits per heavy atom. The molecular weight excluding hydrogens is 503 g/mol. The number of nitriles is 1. The molecule has 2 aromatic rings. The Bertz CT molecular complexity index is 1170. The number of nitrogens with zero attached hydrogens (tertiary/aromatic N) is 1. The lowest BCUT2D eigenvalue weighted by atomic mass is 9.72. The lowest BCUT2D eigenvalue weighted by Crippen LogP contribution is -2.69. The number of ether oxygens (including phenoxy) is 1. The van der Waals surface area contributed by atoms with Crippen molar-refractivity contribution >= 4 is 39.8 Å². The fourth-order valence-electron chi connectivity index (χ4n) is 4.09. The molecule has 0 unspecified atom stereocenters. The van der Waals surface area contributed by atoms with Crippen molar-refractivity contribution in [2.45, 2.75) is 51.9 Å². The third-order valence-electron chi connectivity index (χ3n) is 6.23. The molecule has 6 nitrogen and oxygen atoms in total. The highest BCUT2D eigenvalue weighted by atomic mass is 35.5. The zero-order chi connectivity index (χ0) is 26.2. The Kier molecular flexibility index (Phi) is 7.44. The highest BCUT2D eigenvalue weighted by Crippen LogP contribution is 2.45. The molecule has 1 aliphatic carbocycles. The van der Waals surface area contributed by atoms with E-state index in [1.165, 1.54) is 24.3 Å². The molecule has 0 saturated heterocycles. The van der Waals surface area contributed by atoms with Crippen LogP contribution in [0.4, 0.5) is 18.2 Å². The van der Waals surface area contributed by atoms with Gasteiger partial charge in [-0.15, -0.1) is 11.3 Å². The van der Waals surface area contributed by atoms with Gasteiger partial charge in [-0.2, -0.15) is 18.4 Å². The fourth-order valence-corrected chi connectivity index (χ4v) is 5.55. The van der Waals surface area contributed by atoms with E-state index < -0.39 is 23.7 Å². The quantitative estimate of drug-likeness (QED) is 0.384. The van der Waals surface area contributed by atoms with Crippen LogP contribution in [0.1, 0.15) is 53.6 Å². The predicted molar refractivity (Wildman–Crippen MR) is 127 cm³/mol. The van der Waals surface area contributed by atoms with Gasteiger partial charge in [-0.3, -0.25) is 4.79 Å². The van der Waals surface area contributed by atoms with E-state index in [1.807, 2.05) is 6.07 Å². The van der Waals surface area contributed by atoms with Crippen LogP contribution in [0.15, 0.2) is 24.3 Å². The molecular formula is C24H25ClF3N3O3S. The largest absolute Gasteiger partial charge is 0.466 e. The van der Waals surface area contributed by atoms with Crippen molar-refractivity contribution in [2.24, 2.45) is 11.3 Å². The molecule has 188 valence electrons. The van der Waals surface area contributed by atoms with Gasteiger partial charge in [0.2, 0.25) is 0 Å². The van der Waals surface area contributed by atoms with Crippen molar-refractivity contribution in [2.75, 3.05) is 12.4 Å². The Morgan fingerprint density at radius 1 is 1.20 bits per heavy atom. The number of benzene rings is 1. The third kappa shape index (κ3) is 5.26. The van der Waals surface area contributed by atoms with Gasteiger partial charge in [0.15, 0.2) is 0 Å². The lowest BCUT2D eigenvalue weighted by Gasteiger charge is -2.34. The number of carbonyl (C=O) groups is 2. The highest BCUT2D eigenvalue weighted by molar-refractivity contribution is 7.16. The number of anilines is 1. The van der Waals surface area contributed by atoms with E-state index in [1.54, 1.807) is 5.32 Å². The number of hydrogen-bond acceptors (Lipinski definition) is 6. The molecule has 1 aliphatic rings. The van der Waals surface area contributed by atoms with E-state index in [4.69, 9.17) is 11.6 Å². The van der Waals surface area contributed by atoms with Gasteiger partial charge in [0.25, 0.3) is 5.91 Å². The predicted octanol–water partition coefficient (Wildman–Crippen LogP) is 5.70. The summed E-state index contributed by atoms with van der Waals surface area (Å²) in [5.41, 5.74) is -3.08. The zero-order valence-corrected chi connectivity index (χ0v) is 21.2. The van der Waals surface area contributed by atoms with Gasteiger partial charge in [0.05, 0.1) is 12.7 Å². The van der Waals surface area contributed by atoms with Gasteiger partial charge in [-0.05, 0) is 60.4 Å². The van der Waals surface area contributed by atoms with Crippen LogP contribution in [0.2, 0.25) is 5.02 Å². The Morgan fingerprint density at radius 2 is 1.83 bits per heavy atom. The van der Waals surface area contributed by atoms with Gasteiger partial charge < -0.3 is 15.4 Å². The summed E-state index contributed by atoms with van der Waals surface area (Å²) in [5, 5.41) is 13.9. The number of hydrogen-bond donors (Lipinski definition) is 2. The van der Waals surface area contributed by atoms with Gasteiger partial charge in [0, 0.05) is 15.5 Å². The Hall–Kier alpha value is -2.77. The Balaban J connectivity index is 2.07. The fraction of sp³-hybridized carbons (Fsp3) is 0.458. The first-order chi connectivity index (χ1) is 16.2. The van der Waals surface area contributed by atoms with Crippen LogP contribution in [0.25, 0.3) is 0 Å². The summed E-state index contributed by atoms with van der Waals surface area (Å²) >= 11 is 6.79. The van der Waals surface area contributed by atoms with E-state index in [2.05, 4.69) is 30.8 Å². The SMILES string of the molecule is COC(=O)[C@](NC(=O)c1ccc(Cl)cc1)(Nc1sc2c(c1C#N)CC[C@H](C(C)(C)C)C2)C(F)(F)F. The molecule has 0 saturated carbocycles. The van der Waals surface area contributed by atoms with E-state index in [0.29, 0.717) is 18.4 Å². The second-order valence-corrected chi connectivity index (χ2v) is 11.0. The maximum atomic E-state index is 14.5. The van der Waals surface area contributed by atoms with Crippen LogP contribution in [0, 0.1) is 22.7 Å². The molecule has 1 heterocycles. The monoisotopic (exact) mass is 527 g/mol. The third-order valence-corrected chi connectivity index (χ3v) is 7.65. The van der Waals surface area contributed by atoms with Crippen LogP contribution in [-0.4, -0.2) is 30.8 Å². The lowest BCUT2D eigenvalue weighted by molar-refractivity contribution is -0.203. The molecule has 2 atom stereocenters. The molecule has 3 rings (SSSR count). The zero-order valence-electron chi connectivity index (χ0n) is 19.6. The first-order valence-corrected chi connectivity index (χ1v) is 12.0. The first kappa shape index (κ1) is 26.8. The number of methoxy groups -OCH3 is 1. The number of carbonyl (C=O) groups excluding carboxylic acids is 2. The van der Waals surface area contributed by atoms with Crippen molar-refractivity contribution in [3.63, 3.8) is 0 Å². The molecule has 35 heavy (non-hydrogen) atoms. The van der Waals surface area contributed by atoms with Crippen LogP contribution in [0.5, 0.6) is 0 Å². The Labute approximate surface area is 210 Å². The number of fused-ring (bicyclic) bond motifs is 1. The smallest absolute Gasteiger partial charge is 0.441 e. The van der Waals surface area contributed by atoms with E-state index >= 15 is 0 Å². The molecule has 1 aromatic heterocycles. The summed E-state index contributed by atoms with van der Waals surface area (Å²) in [6.45, 7) is 6.29. The summed E-state index contributed by atoms with van der Waals surface area (Å²) in [4.78, 5) is 26.2. The molecule has 0 fully saturated rings. The number of alkyl halides is 3.